The van der Waals surface area contributed by atoms with Crippen molar-refractivity contribution in [2.45, 2.75) is 40.2 Å². The Balaban J connectivity index is 2.21. The number of benzene rings is 1. The lowest BCUT2D eigenvalue weighted by molar-refractivity contribution is 0.550. The number of hydrogen-bond acceptors (Lipinski definition) is 2. The van der Waals surface area contributed by atoms with Gasteiger partial charge in [-0.25, -0.2) is 4.68 Å². The summed E-state index contributed by atoms with van der Waals surface area (Å²) in [4.78, 5) is 0. The molecule has 0 spiro atoms. The molecule has 2 rings (SSSR count). The summed E-state index contributed by atoms with van der Waals surface area (Å²) in [5.41, 5.74) is 3.74. The highest BCUT2D eigenvalue weighted by Crippen LogP contribution is 2.19. The van der Waals surface area contributed by atoms with Gasteiger partial charge in [0.05, 0.1) is 11.9 Å². The first kappa shape index (κ1) is 16.2. The van der Waals surface area contributed by atoms with E-state index >= 15 is 0 Å². The first-order chi connectivity index (χ1) is 10.1. The lowest BCUT2D eigenvalue weighted by atomic mass is 10.1. The van der Waals surface area contributed by atoms with Gasteiger partial charge in [0.1, 0.15) is 0 Å². The van der Waals surface area contributed by atoms with E-state index in [0.717, 1.165) is 36.1 Å². The van der Waals surface area contributed by atoms with Gasteiger partial charge in [-0.05, 0) is 43.1 Å². The van der Waals surface area contributed by atoms with Crippen LogP contribution in [0, 0.1) is 5.92 Å². The second kappa shape index (κ2) is 7.76. The summed E-state index contributed by atoms with van der Waals surface area (Å²) in [5.74, 6) is 0.668. The Labute approximate surface area is 135 Å². The summed E-state index contributed by atoms with van der Waals surface area (Å²) in [6.07, 6.45) is 4.18. The third-order valence-electron chi connectivity index (χ3n) is 3.38. The Kier molecular flexibility index (Phi) is 6.00. The Hall–Kier alpha value is -1.13. The number of nitrogens with one attached hydrogen (secondary N) is 1. The van der Waals surface area contributed by atoms with Crippen LogP contribution in [-0.2, 0) is 13.0 Å². The Morgan fingerprint density at radius 3 is 2.57 bits per heavy atom. The number of rotatable bonds is 7. The molecule has 21 heavy (non-hydrogen) atoms. The minimum Gasteiger partial charge on any atom is -0.312 e. The average molecular weight is 350 g/mol. The van der Waals surface area contributed by atoms with Crippen molar-refractivity contribution in [3.63, 3.8) is 0 Å². The molecule has 0 unspecified atom stereocenters. The van der Waals surface area contributed by atoms with Crippen LogP contribution in [0.3, 0.4) is 0 Å². The van der Waals surface area contributed by atoms with Crippen LogP contribution in [0.15, 0.2) is 34.9 Å². The van der Waals surface area contributed by atoms with Crippen LogP contribution in [0.5, 0.6) is 0 Å². The molecule has 1 heterocycles. The molecule has 3 nitrogen and oxygen atoms in total. The molecule has 1 N–H and O–H groups in total. The van der Waals surface area contributed by atoms with Crippen LogP contribution in [0.25, 0.3) is 5.69 Å². The van der Waals surface area contributed by atoms with Crippen LogP contribution < -0.4 is 5.32 Å². The molecule has 0 saturated heterocycles. The van der Waals surface area contributed by atoms with E-state index in [1.54, 1.807) is 0 Å². The van der Waals surface area contributed by atoms with Crippen molar-refractivity contribution >= 4 is 15.9 Å². The second-order valence-corrected chi connectivity index (χ2v) is 6.70. The normalized spacial score (nSPS) is 11.3. The SMILES string of the molecule is CCCc1c(CNCC(C)C)cnn1-c1ccc(Br)cc1. The zero-order valence-corrected chi connectivity index (χ0v) is 14.7. The largest absolute Gasteiger partial charge is 0.312 e. The average Bonchev–Trinajstić information content (AvgIpc) is 2.83. The monoisotopic (exact) mass is 349 g/mol. The van der Waals surface area contributed by atoms with Gasteiger partial charge in [0.15, 0.2) is 0 Å². The standard InChI is InChI=1S/C17H24BrN3/c1-4-5-17-14(11-19-10-13(2)3)12-20-21(17)16-8-6-15(18)7-9-16/h6-9,12-13,19H,4-5,10-11H2,1-3H3. The molecule has 2 aromatic rings. The number of halogens is 1. The van der Waals surface area contributed by atoms with Crippen LogP contribution in [0.1, 0.15) is 38.4 Å². The molecule has 0 bridgehead atoms. The van der Waals surface area contributed by atoms with E-state index in [0.29, 0.717) is 5.92 Å². The molecule has 0 fully saturated rings. The fourth-order valence-corrected chi connectivity index (χ4v) is 2.62. The minimum atomic E-state index is 0.668. The molecule has 1 aromatic carbocycles. The maximum Gasteiger partial charge on any atom is 0.0649 e. The smallest absolute Gasteiger partial charge is 0.0649 e. The third-order valence-corrected chi connectivity index (χ3v) is 3.91. The molecule has 1 aromatic heterocycles. The van der Waals surface area contributed by atoms with E-state index in [-0.39, 0.29) is 0 Å². The van der Waals surface area contributed by atoms with E-state index in [1.807, 2.05) is 6.20 Å². The minimum absolute atomic E-state index is 0.668. The van der Waals surface area contributed by atoms with Crippen LogP contribution >= 0.6 is 15.9 Å². The predicted molar refractivity (Wildman–Crippen MR) is 91.8 cm³/mol. The highest BCUT2D eigenvalue weighted by atomic mass is 79.9. The zero-order valence-electron chi connectivity index (χ0n) is 13.1. The van der Waals surface area contributed by atoms with Gasteiger partial charge >= 0.3 is 0 Å². The fraction of sp³-hybridized carbons (Fsp3) is 0.471. The summed E-state index contributed by atoms with van der Waals surface area (Å²) >= 11 is 3.48. The van der Waals surface area contributed by atoms with Gasteiger partial charge < -0.3 is 5.32 Å². The van der Waals surface area contributed by atoms with Gasteiger partial charge in [0, 0.05) is 22.3 Å². The molecule has 0 radical (unpaired) electrons. The van der Waals surface area contributed by atoms with Gasteiger partial charge in [-0.15, -0.1) is 0 Å². The van der Waals surface area contributed by atoms with E-state index in [1.165, 1.54) is 11.3 Å². The van der Waals surface area contributed by atoms with Crippen molar-refractivity contribution in [3.05, 3.63) is 46.2 Å². The van der Waals surface area contributed by atoms with Gasteiger partial charge in [-0.2, -0.15) is 5.10 Å². The van der Waals surface area contributed by atoms with Crippen LogP contribution in [0.2, 0.25) is 0 Å². The molecule has 4 heteroatoms. The van der Waals surface area contributed by atoms with Crippen molar-refractivity contribution in [3.8, 4) is 5.69 Å². The number of nitrogens with zero attached hydrogens (tertiary/aromatic N) is 2. The van der Waals surface area contributed by atoms with E-state index < -0.39 is 0 Å². The Morgan fingerprint density at radius 2 is 1.95 bits per heavy atom. The Morgan fingerprint density at radius 1 is 1.24 bits per heavy atom. The summed E-state index contributed by atoms with van der Waals surface area (Å²) in [5, 5.41) is 8.11. The molecular formula is C17H24BrN3. The molecule has 114 valence electrons. The van der Waals surface area contributed by atoms with Crippen molar-refractivity contribution < 1.29 is 0 Å². The van der Waals surface area contributed by atoms with Gasteiger partial charge in [0.25, 0.3) is 0 Å². The molecule has 0 aliphatic carbocycles. The second-order valence-electron chi connectivity index (χ2n) is 5.78. The molecule has 0 amide bonds. The summed E-state index contributed by atoms with van der Waals surface area (Å²) in [7, 11) is 0. The maximum atomic E-state index is 4.59. The fourth-order valence-electron chi connectivity index (χ4n) is 2.36. The van der Waals surface area contributed by atoms with Crippen LogP contribution in [0.4, 0.5) is 0 Å². The molecular weight excluding hydrogens is 326 g/mol. The first-order valence-corrected chi connectivity index (χ1v) is 8.43. The molecule has 0 saturated carbocycles. The van der Waals surface area contributed by atoms with E-state index in [9.17, 15) is 0 Å². The molecule has 0 aliphatic heterocycles. The van der Waals surface area contributed by atoms with Crippen molar-refractivity contribution in [1.82, 2.24) is 15.1 Å². The molecule has 0 atom stereocenters. The van der Waals surface area contributed by atoms with Crippen molar-refractivity contribution in [2.75, 3.05) is 6.54 Å². The maximum absolute atomic E-state index is 4.59. The van der Waals surface area contributed by atoms with E-state index in [4.69, 9.17) is 0 Å². The lowest BCUT2D eigenvalue weighted by Gasteiger charge is -2.11. The van der Waals surface area contributed by atoms with Gasteiger partial charge in [-0.1, -0.05) is 43.1 Å². The van der Waals surface area contributed by atoms with E-state index in [2.05, 4.69) is 76.1 Å². The first-order valence-electron chi connectivity index (χ1n) is 7.64. The van der Waals surface area contributed by atoms with Crippen molar-refractivity contribution in [1.29, 1.82) is 0 Å². The zero-order chi connectivity index (χ0) is 15.2. The highest BCUT2D eigenvalue weighted by Gasteiger charge is 2.11. The summed E-state index contributed by atoms with van der Waals surface area (Å²) < 4.78 is 3.16. The van der Waals surface area contributed by atoms with Crippen molar-refractivity contribution in [2.24, 2.45) is 5.92 Å². The number of hydrogen-bond donors (Lipinski definition) is 1. The summed E-state index contributed by atoms with van der Waals surface area (Å²) in [6.45, 7) is 8.60. The predicted octanol–water partition coefficient (Wildman–Crippen LogP) is 4.33. The summed E-state index contributed by atoms with van der Waals surface area (Å²) in [6, 6.07) is 8.32. The van der Waals surface area contributed by atoms with Gasteiger partial charge in [0.2, 0.25) is 0 Å². The number of aromatic nitrogens is 2. The third kappa shape index (κ3) is 4.42. The van der Waals surface area contributed by atoms with Crippen LogP contribution in [-0.4, -0.2) is 16.3 Å². The Bertz CT molecular complexity index is 558. The highest BCUT2D eigenvalue weighted by molar-refractivity contribution is 9.10. The topological polar surface area (TPSA) is 29.9 Å². The molecule has 0 aliphatic rings. The quantitative estimate of drug-likeness (QED) is 0.805. The van der Waals surface area contributed by atoms with Gasteiger partial charge in [-0.3, -0.25) is 0 Å². The lowest BCUT2D eigenvalue weighted by Crippen LogP contribution is -2.19.